The standard InChI is InChI=1S/C15H24N2O2S2/c1-11-5-12(2)9-17(8-11)21(18,19)15-6-14(20-10-15)7-16-13-3-4-13/h6,10-13,16H,3-5,7-9H2,1-2H3. The molecule has 1 aliphatic carbocycles. The first kappa shape index (κ1) is 15.5. The van der Waals surface area contributed by atoms with Crippen molar-refractivity contribution in [1.29, 1.82) is 0 Å². The maximum Gasteiger partial charge on any atom is 0.243 e. The van der Waals surface area contributed by atoms with Crippen LogP contribution in [0.1, 0.15) is 38.0 Å². The molecule has 2 unspecified atom stereocenters. The van der Waals surface area contributed by atoms with Crippen LogP contribution >= 0.6 is 11.3 Å². The van der Waals surface area contributed by atoms with Gasteiger partial charge in [-0.15, -0.1) is 11.3 Å². The average Bonchev–Trinajstić information content (AvgIpc) is 3.11. The summed E-state index contributed by atoms with van der Waals surface area (Å²) in [5.74, 6) is 0.885. The van der Waals surface area contributed by atoms with Crippen LogP contribution in [-0.4, -0.2) is 31.9 Å². The van der Waals surface area contributed by atoms with Gasteiger partial charge in [-0.1, -0.05) is 13.8 Å². The highest BCUT2D eigenvalue weighted by Gasteiger charge is 2.32. The van der Waals surface area contributed by atoms with Crippen molar-refractivity contribution in [1.82, 2.24) is 9.62 Å². The van der Waals surface area contributed by atoms with E-state index in [-0.39, 0.29) is 0 Å². The molecule has 0 radical (unpaired) electrons. The Hall–Kier alpha value is -0.430. The fraction of sp³-hybridized carbons (Fsp3) is 0.733. The molecule has 1 N–H and O–H groups in total. The highest BCUT2D eigenvalue weighted by atomic mass is 32.2. The van der Waals surface area contributed by atoms with Crippen LogP contribution < -0.4 is 5.32 Å². The van der Waals surface area contributed by atoms with Gasteiger partial charge in [0.1, 0.15) is 0 Å². The summed E-state index contributed by atoms with van der Waals surface area (Å²) < 4.78 is 27.2. The first-order valence-electron chi connectivity index (χ1n) is 7.76. The minimum atomic E-state index is -3.31. The molecule has 2 fully saturated rings. The number of hydrogen-bond acceptors (Lipinski definition) is 4. The van der Waals surface area contributed by atoms with E-state index in [1.165, 1.54) is 12.8 Å². The van der Waals surface area contributed by atoms with Crippen molar-refractivity contribution in [3.05, 3.63) is 16.3 Å². The van der Waals surface area contributed by atoms with Gasteiger partial charge in [0, 0.05) is 35.9 Å². The maximum absolute atomic E-state index is 12.8. The maximum atomic E-state index is 12.8. The van der Waals surface area contributed by atoms with E-state index in [1.807, 2.05) is 6.07 Å². The summed E-state index contributed by atoms with van der Waals surface area (Å²) in [5.41, 5.74) is 0. The van der Waals surface area contributed by atoms with Crippen LogP contribution in [0.25, 0.3) is 0 Å². The van der Waals surface area contributed by atoms with Gasteiger partial charge in [0.05, 0.1) is 4.90 Å². The molecule has 0 bridgehead atoms. The fourth-order valence-corrected chi connectivity index (χ4v) is 5.97. The smallest absolute Gasteiger partial charge is 0.243 e. The van der Waals surface area contributed by atoms with Gasteiger partial charge in [-0.3, -0.25) is 0 Å². The second-order valence-corrected chi connectivity index (χ2v) is 9.61. The molecule has 1 saturated heterocycles. The summed E-state index contributed by atoms with van der Waals surface area (Å²) in [6, 6.07) is 2.50. The summed E-state index contributed by atoms with van der Waals surface area (Å²) in [5, 5.41) is 5.23. The predicted octanol–water partition coefficient (Wildman–Crippen LogP) is 2.67. The number of piperidine rings is 1. The van der Waals surface area contributed by atoms with Crippen molar-refractivity contribution < 1.29 is 8.42 Å². The molecular weight excluding hydrogens is 304 g/mol. The molecule has 1 aromatic heterocycles. The van der Waals surface area contributed by atoms with Crippen molar-refractivity contribution >= 4 is 21.4 Å². The zero-order valence-corrected chi connectivity index (χ0v) is 14.3. The summed E-state index contributed by atoms with van der Waals surface area (Å²) >= 11 is 1.54. The molecule has 21 heavy (non-hydrogen) atoms. The molecular formula is C15H24N2O2S2. The number of sulfonamides is 1. The van der Waals surface area contributed by atoms with E-state index >= 15 is 0 Å². The van der Waals surface area contributed by atoms with Crippen LogP contribution in [0.3, 0.4) is 0 Å². The first-order valence-corrected chi connectivity index (χ1v) is 10.1. The van der Waals surface area contributed by atoms with Gasteiger partial charge in [0.2, 0.25) is 10.0 Å². The van der Waals surface area contributed by atoms with Gasteiger partial charge in [0.15, 0.2) is 0 Å². The van der Waals surface area contributed by atoms with E-state index in [9.17, 15) is 8.42 Å². The molecule has 3 rings (SSSR count). The zero-order valence-electron chi connectivity index (χ0n) is 12.7. The molecule has 2 aliphatic rings. The second kappa shape index (κ2) is 5.99. The Morgan fingerprint density at radius 3 is 2.57 bits per heavy atom. The Bertz CT molecular complexity index is 583. The topological polar surface area (TPSA) is 49.4 Å². The highest BCUT2D eigenvalue weighted by Crippen LogP contribution is 2.29. The van der Waals surface area contributed by atoms with E-state index in [4.69, 9.17) is 0 Å². The molecule has 1 aliphatic heterocycles. The quantitative estimate of drug-likeness (QED) is 0.904. The molecule has 1 saturated carbocycles. The van der Waals surface area contributed by atoms with Crippen molar-refractivity contribution in [3.63, 3.8) is 0 Å². The highest BCUT2D eigenvalue weighted by molar-refractivity contribution is 7.89. The lowest BCUT2D eigenvalue weighted by atomic mass is 9.94. The normalized spacial score (nSPS) is 27.9. The lowest BCUT2D eigenvalue weighted by molar-refractivity contribution is 0.222. The molecule has 0 amide bonds. The Morgan fingerprint density at radius 1 is 1.29 bits per heavy atom. The fourth-order valence-electron chi connectivity index (χ4n) is 3.07. The molecule has 1 aromatic rings. The lowest BCUT2D eigenvalue weighted by Gasteiger charge is -2.33. The van der Waals surface area contributed by atoms with Crippen LogP contribution in [0.5, 0.6) is 0 Å². The second-order valence-electron chi connectivity index (χ2n) is 6.67. The van der Waals surface area contributed by atoms with E-state index in [1.54, 1.807) is 21.0 Å². The Morgan fingerprint density at radius 2 is 1.95 bits per heavy atom. The van der Waals surface area contributed by atoms with Crippen LogP contribution in [-0.2, 0) is 16.6 Å². The Balaban J connectivity index is 1.71. The largest absolute Gasteiger partial charge is 0.309 e. The van der Waals surface area contributed by atoms with Gasteiger partial charge in [-0.05, 0) is 37.2 Å². The van der Waals surface area contributed by atoms with Gasteiger partial charge >= 0.3 is 0 Å². The SMILES string of the molecule is CC1CC(C)CN(S(=O)(=O)c2csc(CNC3CC3)c2)C1. The molecule has 0 aromatic carbocycles. The summed E-state index contributed by atoms with van der Waals surface area (Å²) in [7, 11) is -3.31. The van der Waals surface area contributed by atoms with Crippen LogP contribution in [0, 0.1) is 11.8 Å². The number of rotatable bonds is 5. The van der Waals surface area contributed by atoms with Gasteiger partial charge in [-0.25, -0.2) is 8.42 Å². The molecule has 2 atom stereocenters. The number of nitrogens with zero attached hydrogens (tertiary/aromatic N) is 1. The Labute approximate surface area is 131 Å². The van der Waals surface area contributed by atoms with Crippen molar-refractivity contribution in [2.45, 2.75) is 50.6 Å². The van der Waals surface area contributed by atoms with Crippen molar-refractivity contribution in [3.8, 4) is 0 Å². The van der Waals surface area contributed by atoms with E-state index in [0.29, 0.717) is 35.9 Å². The molecule has 0 spiro atoms. The summed E-state index contributed by atoms with van der Waals surface area (Å²) in [6.07, 6.45) is 3.62. The van der Waals surface area contributed by atoms with Gasteiger partial charge in [-0.2, -0.15) is 4.31 Å². The van der Waals surface area contributed by atoms with Crippen molar-refractivity contribution in [2.24, 2.45) is 11.8 Å². The third-order valence-electron chi connectivity index (χ3n) is 4.25. The van der Waals surface area contributed by atoms with Crippen LogP contribution in [0.2, 0.25) is 0 Å². The Kier molecular flexibility index (Phi) is 4.41. The summed E-state index contributed by atoms with van der Waals surface area (Å²) in [6.45, 7) is 6.36. The monoisotopic (exact) mass is 328 g/mol. The molecule has 2 heterocycles. The minimum Gasteiger partial charge on any atom is -0.309 e. The van der Waals surface area contributed by atoms with E-state index < -0.39 is 10.0 Å². The van der Waals surface area contributed by atoms with Gasteiger partial charge < -0.3 is 5.32 Å². The van der Waals surface area contributed by atoms with E-state index in [2.05, 4.69) is 19.2 Å². The lowest BCUT2D eigenvalue weighted by Crippen LogP contribution is -2.42. The number of thiophene rings is 1. The van der Waals surface area contributed by atoms with Crippen molar-refractivity contribution in [2.75, 3.05) is 13.1 Å². The third-order valence-corrected chi connectivity index (χ3v) is 7.14. The first-order chi connectivity index (χ1) is 9.95. The number of hydrogen-bond donors (Lipinski definition) is 1. The number of nitrogens with one attached hydrogen (secondary N) is 1. The average molecular weight is 329 g/mol. The van der Waals surface area contributed by atoms with Crippen LogP contribution in [0.15, 0.2) is 16.3 Å². The van der Waals surface area contributed by atoms with Crippen LogP contribution in [0.4, 0.5) is 0 Å². The molecule has 4 nitrogen and oxygen atoms in total. The van der Waals surface area contributed by atoms with Gasteiger partial charge in [0.25, 0.3) is 0 Å². The predicted molar refractivity (Wildman–Crippen MR) is 85.9 cm³/mol. The van der Waals surface area contributed by atoms with E-state index in [0.717, 1.165) is 17.8 Å². The molecule has 118 valence electrons. The minimum absolute atomic E-state index is 0.443. The zero-order chi connectivity index (χ0) is 15.0. The third kappa shape index (κ3) is 3.67. The summed E-state index contributed by atoms with van der Waals surface area (Å²) in [4.78, 5) is 1.58. The molecule has 6 heteroatoms.